The van der Waals surface area contributed by atoms with Gasteiger partial charge in [0.25, 0.3) is 0 Å². The SMILES string of the molecule is O=c1oc2cccnc2n1Cc1cn(-c2ccc(Cl)c(Cl)c2)nn1. The molecule has 0 aliphatic carbocycles. The number of benzene rings is 1. The predicted octanol–water partition coefficient (Wildman–Crippen LogP) is 2.93. The minimum absolute atomic E-state index is 0.199. The van der Waals surface area contributed by atoms with Crippen molar-refractivity contribution >= 4 is 34.4 Å². The van der Waals surface area contributed by atoms with Crippen LogP contribution in [0.3, 0.4) is 0 Å². The number of aromatic nitrogens is 5. The monoisotopic (exact) mass is 361 g/mol. The Hall–Kier alpha value is -2.64. The highest BCUT2D eigenvalue weighted by Gasteiger charge is 2.12. The zero-order chi connectivity index (χ0) is 16.7. The Morgan fingerprint density at radius 1 is 1.17 bits per heavy atom. The normalized spacial score (nSPS) is 11.2. The molecule has 0 N–H and O–H groups in total. The van der Waals surface area contributed by atoms with Crippen molar-refractivity contribution in [2.75, 3.05) is 0 Å². The van der Waals surface area contributed by atoms with Crippen molar-refractivity contribution in [3.05, 3.63) is 69.0 Å². The second kappa shape index (κ2) is 5.77. The molecule has 3 heterocycles. The van der Waals surface area contributed by atoms with Crippen LogP contribution in [0.2, 0.25) is 10.0 Å². The third kappa shape index (κ3) is 2.57. The summed E-state index contributed by atoms with van der Waals surface area (Å²) in [5, 5.41) is 9.01. The highest BCUT2D eigenvalue weighted by molar-refractivity contribution is 6.42. The molecule has 0 unspecified atom stereocenters. The minimum atomic E-state index is -0.493. The van der Waals surface area contributed by atoms with Crippen LogP contribution in [0.25, 0.3) is 16.9 Å². The molecule has 0 amide bonds. The van der Waals surface area contributed by atoms with E-state index in [1.165, 1.54) is 4.57 Å². The van der Waals surface area contributed by atoms with E-state index in [-0.39, 0.29) is 6.54 Å². The second-order valence-electron chi connectivity index (χ2n) is 5.03. The van der Waals surface area contributed by atoms with Crippen molar-refractivity contribution in [1.82, 2.24) is 24.5 Å². The Bertz CT molecular complexity index is 1100. The standard InChI is InChI=1S/C15H9Cl2N5O2/c16-11-4-3-10(6-12(11)17)22-8-9(19-20-22)7-21-14-13(24-15(21)23)2-1-5-18-14/h1-6,8H,7H2. The Kier molecular flexibility index (Phi) is 3.59. The number of nitrogens with zero attached hydrogens (tertiary/aromatic N) is 5. The third-order valence-corrected chi connectivity index (χ3v) is 4.19. The van der Waals surface area contributed by atoms with Crippen LogP contribution in [0.4, 0.5) is 0 Å². The topological polar surface area (TPSA) is 78.7 Å². The van der Waals surface area contributed by atoms with Crippen molar-refractivity contribution in [3.63, 3.8) is 0 Å². The lowest BCUT2D eigenvalue weighted by Crippen LogP contribution is -2.15. The molecule has 9 heteroatoms. The van der Waals surface area contributed by atoms with Gasteiger partial charge in [-0.25, -0.2) is 14.5 Å². The molecule has 0 fully saturated rings. The minimum Gasteiger partial charge on any atom is -0.406 e. The summed E-state index contributed by atoms with van der Waals surface area (Å²) in [6.45, 7) is 0.199. The average molecular weight is 362 g/mol. The van der Waals surface area contributed by atoms with Gasteiger partial charge < -0.3 is 4.42 Å². The Morgan fingerprint density at radius 3 is 2.88 bits per heavy atom. The molecule has 0 aliphatic heterocycles. The van der Waals surface area contributed by atoms with Crippen LogP contribution < -0.4 is 5.76 Å². The fourth-order valence-electron chi connectivity index (χ4n) is 2.33. The molecule has 0 saturated carbocycles. The lowest BCUT2D eigenvalue weighted by molar-refractivity contribution is 0.515. The molecule has 4 rings (SSSR count). The maximum Gasteiger partial charge on any atom is 0.421 e. The number of hydrogen-bond acceptors (Lipinski definition) is 5. The van der Waals surface area contributed by atoms with E-state index in [9.17, 15) is 4.79 Å². The van der Waals surface area contributed by atoms with Gasteiger partial charge in [0.1, 0.15) is 5.69 Å². The van der Waals surface area contributed by atoms with Gasteiger partial charge in [-0.2, -0.15) is 0 Å². The Morgan fingerprint density at radius 2 is 2.04 bits per heavy atom. The molecule has 0 aliphatic rings. The molecular weight excluding hydrogens is 353 g/mol. The lowest BCUT2D eigenvalue weighted by Gasteiger charge is -2.01. The van der Waals surface area contributed by atoms with E-state index < -0.39 is 5.76 Å². The van der Waals surface area contributed by atoms with Crippen molar-refractivity contribution in [3.8, 4) is 5.69 Å². The van der Waals surface area contributed by atoms with Crippen molar-refractivity contribution in [2.45, 2.75) is 6.54 Å². The lowest BCUT2D eigenvalue weighted by atomic mass is 10.3. The molecule has 0 radical (unpaired) electrons. The summed E-state index contributed by atoms with van der Waals surface area (Å²) in [6, 6.07) is 8.53. The van der Waals surface area contributed by atoms with E-state index in [1.807, 2.05) is 0 Å². The van der Waals surface area contributed by atoms with Gasteiger partial charge in [-0.05, 0) is 30.3 Å². The molecule has 24 heavy (non-hydrogen) atoms. The van der Waals surface area contributed by atoms with Crippen molar-refractivity contribution in [1.29, 1.82) is 0 Å². The van der Waals surface area contributed by atoms with Crippen LogP contribution in [0.15, 0.2) is 51.9 Å². The number of rotatable bonds is 3. The summed E-state index contributed by atoms with van der Waals surface area (Å²) in [7, 11) is 0. The highest BCUT2D eigenvalue weighted by Crippen LogP contribution is 2.24. The zero-order valence-electron chi connectivity index (χ0n) is 12.1. The molecule has 1 aromatic carbocycles. The molecule has 0 bridgehead atoms. The molecule has 3 aromatic heterocycles. The van der Waals surface area contributed by atoms with Gasteiger partial charge in [-0.3, -0.25) is 4.57 Å². The predicted molar refractivity (Wildman–Crippen MR) is 88.8 cm³/mol. The van der Waals surface area contributed by atoms with Crippen molar-refractivity contribution < 1.29 is 4.42 Å². The zero-order valence-corrected chi connectivity index (χ0v) is 13.6. The van der Waals surface area contributed by atoms with Crippen LogP contribution >= 0.6 is 23.2 Å². The number of oxazole rings is 1. The van der Waals surface area contributed by atoms with Gasteiger partial charge in [-0.15, -0.1) is 5.10 Å². The van der Waals surface area contributed by atoms with E-state index in [1.54, 1.807) is 47.4 Å². The molecule has 0 atom stereocenters. The first-order chi connectivity index (χ1) is 11.6. The molecule has 4 aromatic rings. The quantitative estimate of drug-likeness (QED) is 0.560. The maximum absolute atomic E-state index is 12.0. The van der Waals surface area contributed by atoms with E-state index in [0.29, 0.717) is 32.7 Å². The second-order valence-corrected chi connectivity index (χ2v) is 5.85. The first kappa shape index (κ1) is 14.9. The number of halogens is 2. The molecule has 120 valence electrons. The van der Waals surface area contributed by atoms with Crippen LogP contribution in [-0.4, -0.2) is 24.5 Å². The van der Waals surface area contributed by atoms with Gasteiger partial charge in [-0.1, -0.05) is 28.4 Å². The summed E-state index contributed by atoms with van der Waals surface area (Å²) >= 11 is 11.9. The van der Waals surface area contributed by atoms with Gasteiger partial charge in [0, 0.05) is 6.20 Å². The van der Waals surface area contributed by atoms with E-state index in [4.69, 9.17) is 27.6 Å². The first-order valence-electron chi connectivity index (χ1n) is 6.93. The van der Waals surface area contributed by atoms with Crippen LogP contribution in [0, 0.1) is 0 Å². The van der Waals surface area contributed by atoms with Gasteiger partial charge in [0.05, 0.1) is 28.5 Å². The van der Waals surface area contributed by atoms with Gasteiger partial charge >= 0.3 is 5.76 Å². The van der Waals surface area contributed by atoms with Crippen LogP contribution in [-0.2, 0) is 6.54 Å². The summed E-state index contributed by atoms with van der Waals surface area (Å²) in [5.74, 6) is -0.493. The molecule has 0 spiro atoms. The first-order valence-corrected chi connectivity index (χ1v) is 7.68. The molecule has 7 nitrogen and oxygen atoms in total. The smallest absolute Gasteiger partial charge is 0.406 e. The fraction of sp³-hybridized carbons (Fsp3) is 0.0667. The van der Waals surface area contributed by atoms with E-state index in [2.05, 4.69) is 15.3 Å². The summed E-state index contributed by atoms with van der Waals surface area (Å²) < 4.78 is 8.10. The average Bonchev–Trinajstić information content (AvgIpc) is 3.16. The number of fused-ring (bicyclic) bond motifs is 1. The summed E-state index contributed by atoms with van der Waals surface area (Å²) in [4.78, 5) is 16.1. The maximum atomic E-state index is 12.0. The fourth-order valence-corrected chi connectivity index (χ4v) is 2.62. The van der Waals surface area contributed by atoms with Crippen LogP contribution in [0.1, 0.15) is 5.69 Å². The Labute approximate surface area is 145 Å². The highest BCUT2D eigenvalue weighted by atomic mass is 35.5. The molecular formula is C15H9Cl2N5O2. The summed E-state index contributed by atoms with van der Waals surface area (Å²) in [5.41, 5.74) is 2.19. The van der Waals surface area contributed by atoms with E-state index in [0.717, 1.165) is 0 Å². The van der Waals surface area contributed by atoms with Crippen molar-refractivity contribution in [2.24, 2.45) is 0 Å². The van der Waals surface area contributed by atoms with Crippen LogP contribution in [0.5, 0.6) is 0 Å². The van der Waals surface area contributed by atoms with Gasteiger partial charge in [0.15, 0.2) is 11.2 Å². The van der Waals surface area contributed by atoms with E-state index >= 15 is 0 Å². The molecule has 0 saturated heterocycles. The summed E-state index contributed by atoms with van der Waals surface area (Å²) in [6.07, 6.45) is 3.30. The largest absolute Gasteiger partial charge is 0.421 e. The number of hydrogen-bond donors (Lipinski definition) is 0. The Balaban J connectivity index is 1.69. The van der Waals surface area contributed by atoms with Gasteiger partial charge in [0.2, 0.25) is 0 Å². The number of pyridine rings is 1. The third-order valence-electron chi connectivity index (χ3n) is 3.45.